The van der Waals surface area contributed by atoms with Crippen LogP contribution in [0.1, 0.15) is 12.8 Å². The van der Waals surface area contributed by atoms with Crippen molar-refractivity contribution in [3.05, 3.63) is 24.3 Å². The Morgan fingerprint density at radius 2 is 1.89 bits per heavy atom. The van der Waals surface area contributed by atoms with Gasteiger partial charge in [0.15, 0.2) is 0 Å². The summed E-state index contributed by atoms with van der Waals surface area (Å²) in [5, 5.41) is 10.7. The van der Waals surface area contributed by atoms with Gasteiger partial charge in [0.1, 0.15) is 0 Å². The molecule has 1 aromatic rings. The Balaban J connectivity index is 1.87. The van der Waals surface area contributed by atoms with Crippen LogP contribution in [0, 0.1) is 0 Å². The highest BCUT2D eigenvalue weighted by molar-refractivity contribution is 7.89. The maximum Gasteiger partial charge on any atom is 0.239 e. The van der Waals surface area contributed by atoms with Crippen LogP contribution in [0.2, 0.25) is 0 Å². The zero-order valence-electron chi connectivity index (χ0n) is 9.72. The Morgan fingerprint density at radius 3 is 2.39 bits per heavy atom. The molecule has 18 heavy (non-hydrogen) atoms. The molecule has 2 rings (SSSR count). The van der Waals surface area contributed by atoms with Gasteiger partial charge in [-0.15, -0.1) is 0 Å². The molecule has 1 amide bonds. The molecule has 6 nitrogen and oxygen atoms in total. The number of rotatable bonds is 5. The van der Waals surface area contributed by atoms with Crippen LogP contribution in [-0.2, 0) is 14.8 Å². The van der Waals surface area contributed by atoms with Crippen LogP contribution in [0.15, 0.2) is 29.2 Å². The average Bonchev–Trinajstić information content (AvgIpc) is 3.10. The predicted octanol–water partition coefficient (Wildman–Crippen LogP) is 0.0245. The molecule has 0 unspecified atom stereocenters. The van der Waals surface area contributed by atoms with Crippen LogP contribution in [0.5, 0.6) is 0 Å². The molecule has 1 aliphatic carbocycles. The van der Waals surface area contributed by atoms with Gasteiger partial charge in [-0.2, -0.15) is 0 Å². The first kappa shape index (κ1) is 12.8. The maximum absolute atomic E-state index is 11.4. The van der Waals surface area contributed by atoms with E-state index in [9.17, 15) is 13.2 Å². The molecule has 0 atom stereocenters. The molecule has 4 N–H and O–H groups in total. The van der Waals surface area contributed by atoms with Crippen molar-refractivity contribution in [3.63, 3.8) is 0 Å². The molecule has 0 heterocycles. The molecule has 98 valence electrons. The summed E-state index contributed by atoms with van der Waals surface area (Å²) >= 11 is 0. The maximum atomic E-state index is 11.4. The Labute approximate surface area is 106 Å². The molecule has 0 aliphatic heterocycles. The molecule has 1 saturated carbocycles. The van der Waals surface area contributed by atoms with Gasteiger partial charge in [-0.3, -0.25) is 4.79 Å². The van der Waals surface area contributed by atoms with E-state index in [1.807, 2.05) is 0 Å². The zero-order chi connectivity index (χ0) is 13.2. The lowest BCUT2D eigenvalue weighted by Gasteiger charge is -2.07. The highest BCUT2D eigenvalue weighted by Crippen LogP contribution is 2.18. The zero-order valence-corrected chi connectivity index (χ0v) is 10.5. The van der Waals surface area contributed by atoms with Crippen LogP contribution < -0.4 is 15.8 Å². The standard InChI is InChI=1S/C11H15N3O3S/c12-18(16,17)10-5-3-8(4-6-10)13-7-11(15)14-9-1-2-9/h3-6,9,13H,1-2,7H2,(H,14,15)(H2,12,16,17). The van der Waals surface area contributed by atoms with E-state index >= 15 is 0 Å². The first-order valence-corrected chi connectivity index (χ1v) is 7.16. The number of nitrogens with two attached hydrogens (primary N) is 1. The summed E-state index contributed by atoms with van der Waals surface area (Å²) in [7, 11) is -3.67. The minimum Gasteiger partial charge on any atom is -0.376 e. The lowest BCUT2D eigenvalue weighted by Crippen LogP contribution is -2.31. The van der Waals surface area contributed by atoms with Crippen LogP contribution >= 0.6 is 0 Å². The summed E-state index contributed by atoms with van der Waals surface area (Å²) in [6, 6.07) is 6.28. The molecule has 1 fully saturated rings. The van der Waals surface area contributed by atoms with Gasteiger partial charge in [-0.1, -0.05) is 0 Å². The molecule has 0 spiro atoms. The van der Waals surface area contributed by atoms with E-state index < -0.39 is 10.0 Å². The molecule has 1 aliphatic rings. The number of hydrogen-bond donors (Lipinski definition) is 3. The Hall–Kier alpha value is -1.60. The van der Waals surface area contributed by atoms with Gasteiger partial charge in [0.2, 0.25) is 15.9 Å². The van der Waals surface area contributed by atoms with E-state index in [1.54, 1.807) is 12.1 Å². The third kappa shape index (κ3) is 3.71. The topological polar surface area (TPSA) is 101 Å². The SMILES string of the molecule is NS(=O)(=O)c1ccc(NCC(=O)NC2CC2)cc1. The number of primary sulfonamides is 1. The number of nitrogens with one attached hydrogen (secondary N) is 2. The van der Waals surface area contributed by atoms with E-state index in [-0.39, 0.29) is 17.3 Å². The first-order chi connectivity index (χ1) is 8.45. The number of anilines is 1. The van der Waals surface area contributed by atoms with Gasteiger partial charge in [-0.05, 0) is 37.1 Å². The van der Waals surface area contributed by atoms with Gasteiger partial charge in [0.05, 0.1) is 11.4 Å². The van der Waals surface area contributed by atoms with E-state index in [2.05, 4.69) is 10.6 Å². The van der Waals surface area contributed by atoms with E-state index in [0.29, 0.717) is 11.7 Å². The molecule has 0 aromatic heterocycles. The van der Waals surface area contributed by atoms with Crippen molar-refractivity contribution in [1.82, 2.24) is 5.32 Å². The molecule has 1 aromatic carbocycles. The average molecular weight is 269 g/mol. The monoisotopic (exact) mass is 269 g/mol. The number of carbonyl (C=O) groups excluding carboxylic acids is 1. The summed E-state index contributed by atoms with van der Waals surface area (Å²) in [6.45, 7) is 0.172. The second-order valence-electron chi connectivity index (χ2n) is 4.26. The minimum atomic E-state index is -3.67. The van der Waals surface area contributed by atoms with Crippen molar-refractivity contribution in [2.24, 2.45) is 5.14 Å². The normalized spacial score (nSPS) is 15.2. The van der Waals surface area contributed by atoms with Crippen molar-refractivity contribution >= 4 is 21.6 Å². The van der Waals surface area contributed by atoms with Gasteiger partial charge in [0.25, 0.3) is 0 Å². The number of benzene rings is 1. The lowest BCUT2D eigenvalue weighted by molar-refractivity contribution is -0.119. The van der Waals surface area contributed by atoms with Gasteiger partial charge in [0, 0.05) is 11.7 Å². The van der Waals surface area contributed by atoms with E-state index in [0.717, 1.165) is 12.8 Å². The lowest BCUT2D eigenvalue weighted by atomic mass is 10.3. The van der Waals surface area contributed by atoms with Crippen molar-refractivity contribution in [3.8, 4) is 0 Å². The third-order valence-electron chi connectivity index (χ3n) is 2.58. The summed E-state index contributed by atoms with van der Waals surface area (Å²) in [4.78, 5) is 11.5. The summed E-state index contributed by atoms with van der Waals surface area (Å²) < 4.78 is 22.1. The first-order valence-electron chi connectivity index (χ1n) is 5.61. The van der Waals surface area contributed by atoms with Gasteiger partial charge < -0.3 is 10.6 Å². The smallest absolute Gasteiger partial charge is 0.239 e. The Kier molecular flexibility index (Phi) is 3.53. The van der Waals surface area contributed by atoms with Crippen LogP contribution in [-0.4, -0.2) is 26.9 Å². The number of amides is 1. The number of sulfonamides is 1. The summed E-state index contributed by atoms with van der Waals surface area (Å²) in [6.07, 6.45) is 2.10. The van der Waals surface area contributed by atoms with E-state index in [4.69, 9.17) is 5.14 Å². The van der Waals surface area contributed by atoms with Crippen molar-refractivity contribution in [1.29, 1.82) is 0 Å². The second-order valence-corrected chi connectivity index (χ2v) is 5.83. The molecule has 0 bridgehead atoms. The van der Waals surface area contributed by atoms with Gasteiger partial charge >= 0.3 is 0 Å². The molecular weight excluding hydrogens is 254 g/mol. The molecule has 7 heteroatoms. The quantitative estimate of drug-likeness (QED) is 0.701. The fourth-order valence-electron chi connectivity index (χ4n) is 1.45. The van der Waals surface area contributed by atoms with Gasteiger partial charge in [-0.25, -0.2) is 13.6 Å². The minimum absolute atomic E-state index is 0.0514. The second kappa shape index (κ2) is 4.95. The number of hydrogen-bond acceptors (Lipinski definition) is 4. The molecular formula is C11H15N3O3S. The highest BCUT2D eigenvalue weighted by atomic mass is 32.2. The molecule has 0 saturated heterocycles. The van der Waals surface area contributed by atoms with Crippen LogP contribution in [0.25, 0.3) is 0 Å². The van der Waals surface area contributed by atoms with Crippen LogP contribution in [0.4, 0.5) is 5.69 Å². The number of carbonyl (C=O) groups is 1. The van der Waals surface area contributed by atoms with Crippen LogP contribution in [0.3, 0.4) is 0 Å². The fraction of sp³-hybridized carbons (Fsp3) is 0.364. The molecule has 0 radical (unpaired) electrons. The largest absolute Gasteiger partial charge is 0.376 e. The Bertz CT molecular complexity index is 535. The van der Waals surface area contributed by atoms with Crippen molar-refractivity contribution in [2.75, 3.05) is 11.9 Å². The predicted molar refractivity (Wildman–Crippen MR) is 67.5 cm³/mol. The highest BCUT2D eigenvalue weighted by Gasteiger charge is 2.22. The summed E-state index contributed by atoms with van der Waals surface area (Å²) in [5.41, 5.74) is 0.674. The Morgan fingerprint density at radius 1 is 1.28 bits per heavy atom. The fourth-order valence-corrected chi connectivity index (χ4v) is 1.97. The third-order valence-corrected chi connectivity index (χ3v) is 3.51. The van der Waals surface area contributed by atoms with E-state index in [1.165, 1.54) is 12.1 Å². The van der Waals surface area contributed by atoms with Crippen molar-refractivity contribution < 1.29 is 13.2 Å². The summed E-state index contributed by atoms with van der Waals surface area (Å²) in [5.74, 6) is -0.0620. The van der Waals surface area contributed by atoms with Crippen molar-refractivity contribution in [2.45, 2.75) is 23.8 Å².